The smallest absolute Gasteiger partial charge is 0.231 e. The molecular formula is C16H21N3O. The molecule has 0 bridgehead atoms. The predicted molar refractivity (Wildman–Crippen MR) is 77.7 cm³/mol. The number of likely N-dealkylation sites (N-methyl/N-ethyl adjacent to an activating group) is 1. The van der Waals surface area contributed by atoms with Gasteiger partial charge < -0.3 is 9.84 Å². The van der Waals surface area contributed by atoms with Gasteiger partial charge in [0.05, 0.1) is 5.92 Å². The molecule has 1 aromatic heterocycles. The van der Waals surface area contributed by atoms with Crippen LogP contribution in [-0.4, -0.2) is 23.2 Å². The number of nitrogens with zero attached hydrogens (tertiary/aromatic N) is 2. The molecule has 0 amide bonds. The van der Waals surface area contributed by atoms with Gasteiger partial charge in [-0.15, -0.1) is 0 Å². The van der Waals surface area contributed by atoms with Crippen LogP contribution >= 0.6 is 0 Å². The largest absolute Gasteiger partial charge is 0.339 e. The minimum atomic E-state index is 0.374. The van der Waals surface area contributed by atoms with Crippen molar-refractivity contribution in [1.82, 2.24) is 15.5 Å². The lowest BCUT2D eigenvalue weighted by Gasteiger charge is -2.14. The van der Waals surface area contributed by atoms with E-state index in [9.17, 15) is 0 Å². The third-order valence-electron chi connectivity index (χ3n) is 4.17. The molecule has 1 saturated carbocycles. The van der Waals surface area contributed by atoms with Crippen molar-refractivity contribution in [2.75, 3.05) is 7.05 Å². The van der Waals surface area contributed by atoms with E-state index in [0.29, 0.717) is 12.0 Å². The molecule has 0 spiro atoms. The molecule has 1 aliphatic rings. The molecule has 106 valence electrons. The summed E-state index contributed by atoms with van der Waals surface area (Å²) in [7, 11) is 2.01. The van der Waals surface area contributed by atoms with Crippen molar-refractivity contribution in [3.8, 4) is 0 Å². The molecule has 2 unspecified atom stereocenters. The zero-order valence-electron chi connectivity index (χ0n) is 12.1. The number of nitrogens with one attached hydrogen (secondary N) is 1. The fourth-order valence-corrected chi connectivity index (χ4v) is 2.98. The van der Waals surface area contributed by atoms with E-state index in [1.54, 1.807) is 0 Å². The third kappa shape index (κ3) is 2.75. The van der Waals surface area contributed by atoms with Gasteiger partial charge in [-0.2, -0.15) is 4.98 Å². The first kappa shape index (κ1) is 13.3. The first-order valence-corrected chi connectivity index (χ1v) is 7.31. The van der Waals surface area contributed by atoms with Gasteiger partial charge in [0.2, 0.25) is 5.89 Å². The molecule has 1 aliphatic carbocycles. The van der Waals surface area contributed by atoms with E-state index in [-0.39, 0.29) is 0 Å². The number of benzene rings is 1. The maximum atomic E-state index is 5.48. The van der Waals surface area contributed by atoms with Crippen LogP contribution in [0, 0.1) is 6.92 Å². The second kappa shape index (κ2) is 5.75. The van der Waals surface area contributed by atoms with Crippen LogP contribution < -0.4 is 5.32 Å². The van der Waals surface area contributed by atoms with Gasteiger partial charge in [-0.05, 0) is 32.4 Å². The van der Waals surface area contributed by atoms with Gasteiger partial charge in [-0.25, -0.2) is 0 Å². The van der Waals surface area contributed by atoms with Crippen LogP contribution in [0.15, 0.2) is 28.8 Å². The Balaban J connectivity index is 1.72. The van der Waals surface area contributed by atoms with Crippen molar-refractivity contribution in [2.45, 2.75) is 44.6 Å². The average molecular weight is 271 g/mol. The van der Waals surface area contributed by atoms with E-state index in [4.69, 9.17) is 4.52 Å². The first-order valence-electron chi connectivity index (χ1n) is 7.31. The number of aromatic nitrogens is 2. The number of hydrogen-bond acceptors (Lipinski definition) is 4. The van der Waals surface area contributed by atoms with Crippen LogP contribution in [-0.2, 0) is 6.42 Å². The second-order valence-corrected chi connectivity index (χ2v) is 5.64. The Kier molecular flexibility index (Phi) is 3.83. The molecule has 0 saturated heterocycles. The lowest BCUT2D eigenvalue weighted by atomic mass is 10.0. The van der Waals surface area contributed by atoms with Crippen LogP contribution in [0.5, 0.6) is 0 Å². The van der Waals surface area contributed by atoms with E-state index in [1.165, 1.54) is 24.0 Å². The number of rotatable bonds is 4. The van der Waals surface area contributed by atoms with Crippen LogP contribution in [0.3, 0.4) is 0 Å². The molecule has 3 rings (SSSR count). The predicted octanol–water partition coefficient (Wildman–Crippen LogP) is 2.82. The summed E-state index contributed by atoms with van der Waals surface area (Å²) in [5, 5.41) is 7.48. The van der Waals surface area contributed by atoms with Gasteiger partial charge in [-0.1, -0.05) is 41.4 Å². The summed E-state index contributed by atoms with van der Waals surface area (Å²) in [6.45, 7) is 2.09. The molecule has 1 aromatic carbocycles. The molecule has 4 heteroatoms. The summed E-state index contributed by atoms with van der Waals surface area (Å²) in [6.07, 6.45) is 4.29. The molecule has 20 heavy (non-hydrogen) atoms. The lowest BCUT2D eigenvalue weighted by molar-refractivity contribution is 0.332. The Bertz CT molecular complexity index is 561. The van der Waals surface area contributed by atoms with E-state index in [2.05, 4.69) is 46.6 Å². The molecule has 0 aliphatic heterocycles. The zero-order valence-corrected chi connectivity index (χ0v) is 12.1. The average Bonchev–Trinajstić information content (AvgIpc) is 3.09. The maximum Gasteiger partial charge on any atom is 0.231 e. The van der Waals surface area contributed by atoms with Crippen molar-refractivity contribution < 1.29 is 4.52 Å². The summed E-state index contributed by atoms with van der Waals surface area (Å²) in [5.74, 6) is 1.95. The van der Waals surface area contributed by atoms with Crippen molar-refractivity contribution in [3.05, 3.63) is 47.1 Å². The van der Waals surface area contributed by atoms with Crippen LogP contribution in [0.25, 0.3) is 0 Å². The number of aryl methyl sites for hydroxylation is 1. The summed E-state index contributed by atoms with van der Waals surface area (Å²) in [5.41, 5.74) is 2.49. The lowest BCUT2D eigenvalue weighted by Crippen LogP contribution is -2.27. The fourth-order valence-electron chi connectivity index (χ4n) is 2.98. The Morgan fingerprint density at radius 3 is 2.80 bits per heavy atom. The van der Waals surface area contributed by atoms with Crippen molar-refractivity contribution in [2.24, 2.45) is 0 Å². The molecule has 1 heterocycles. The topological polar surface area (TPSA) is 51.0 Å². The Hall–Kier alpha value is -1.68. The monoisotopic (exact) mass is 271 g/mol. The zero-order chi connectivity index (χ0) is 13.9. The van der Waals surface area contributed by atoms with Gasteiger partial charge in [0.1, 0.15) is 0 Å². The molecule has 4 nitrogen and oxygen atoms in total. The highest BCUT2D eigenvalue weighted by molar-refractivity contribution is 5.23. The quantitative estimate of drug-likeness (QED) is 0.929. The first-order chi connectivity index (χ1) is 9.76. The fraction of sp³-hybridized carbons (Fsp3) is 0.500. The summed E-state index contributed by atoms with van der Waals surface area (Å²) in [6, 6.07) is 8.95. The minimum absolute atomic E-state index is 0.374. The van der Waals surface area contributed by atoms with Crippen molar-refractivity contribution in [1.29, 1.82) is 0 Å². The molecule has 1 N–H and O–H groups in total. The van der Waals surface area contributed by atoms with Gasteiger partial charge in [-0.3, -0.25) is 0 Å². The van der Waals surface area contributed by atoms with Crippen LogP contribution in [0.1, 0.15) is 48.0 Å². The van der Waals surface area contributed by atoms with E-state index in [1.807, 2.05) is 7.05 Å². The number of hydrogen-bond donors (Lipinski definition) is 1. The summed E-state index contributed by atoms with van der Waals surface area (Å²) in [4.78, 5) is 4.59. The Morgan fingerprint density at radius 1 is 1.25 bits per heavy atom. The molecule has 2 atom stereocenters. The van der Waals surface area contributed by atoms with E-state index >= 15 is 0 Å². The summed E-state index contributed by atoms with van der Waals surface area (Å²) < 4.78 is 5.48. The Labute approximate surface area is 119 Å². The molecular weight excluding hydrogens is 250 g/mol. The van der Waals surface area contributed by atoms with Crippen LogP contribution in [0.2, 0.25) is 0 Å². The minimum Gasteiger partial charge on any atom is -0.339 e. The third-order valence-corrected chi connectivity index (χ3v) is 4.17. The SMILES string of the molecule is CNC1CCCC1c1nc(Cc2ccc(C)cc2)no1. The normalized spacial score (nSPS) is 22.3. The molecule has 2 aromatic rings. The Morgan fingerprint density at radius 2 is 2.05 bits per heavy atom. The van der Waals surface area contributed by atoms with E-state index in [0.717, 1.165) is 24.6 Å². The highest BCUT2D eigenvalue weighted by atomic mass is 16.5. The van der Waals surface area contributed by atoms with Crippen molar-refractivity contribution >= 4 is 0 Å². The van der Waals surface area contributed by atoms with Gasteiger partial charge in [0.25, 0.3) is 0 Å². The van der Waals surface area contributed by atoms with Gasteiger partial charge >= 0.3 is 0 Å². The van der Waals surface area contributed by atoms with E-state index < -0.39 is 0 Å². The van der Waals surface area contributed by atoms with Gasteiger partial charge in [0, 0.05) is 12.5 Å². The highest BCUT2D eigenvalue weighted by Crippen LogP contribution is 2.33. The molecule has 1 fully saturated rings. The van der Waals surface area contributed by atoms with Gasteiger partial charge in [0.15, 0.2) is 5.82 Å². The second-order valence-electron chi connectivity index (χ2n) is 5.64. The van der Waals surface area contributed by atoms with Crippen molar-refractivity contribution in [3.63, 3.8) is 0 Å². The molecule has 0 radical (unpaired) electrons. The standard InChI is InChI=1S/C16H21N3O/c1-11-6-8-12(9-7-11)10-15-18-16(20-19-15)13-4-3-5-14(13)17-2/h6-9,13-14,17H,3-5,10H2,1-2H3. The highest BCUT2D eigenvalue weighted by Gasteiger charge is 2.31. The summed E-state index contributed by atoms with van der Waals surface area (Å²) >= 11 is 0. The van der Waals surface area contributed by atoms with Crippen LogP contribution in [0.4, 0.5) is 0 Å². The maximum absolute atomic E-state index is 5.48.